The number of benzene rings is 3. The van der Waals surface area contributed by atoms with Gasteiger partial charge in [-0.25, -0.2) is 4.79 Å². The number of fused-ring (bicyclic) bond motifs is 1. The minimum absolute atomic E-state index is 0.121. The molecule has 31 heavy (non-hydrogen) atoms. The summed E-state index contributed by atoms with van der Waals surface area (Å²) in [6, 6.07) is 19.2. The van der Waals surface area contributed by atoms with Gasteiger partial charge in [-0.05, 0) is 66.6 Å². The van der Waals surface area contributed by atoms with Crippen LogP contribution in [-0.2, 0) is 11.3 Å². The Morgan fingerprint density at radius 2 is 1.71 bits per heavy atom. The van der Waals surface area contributed by atoms with Crippen LogP contribution in [0.4, 0.5) is 0 Å². The quantitative estimate of drug-likeness (QED) is 0.372. The molecule has 4 aromatic rings. The number of aryl methyl sites for hydroxylation is 1. The minimum atomic E-state index is -0.414. The first-order valence-electron chi connectivity index (χ1n) is 9.59. The maximum Gasteiger partial charge on any atom is 0.337 e. The number of esters is 1. The number of methoxy groups -OCH3 is 1. The van der Waals surface area contributed by atoms with Crippen LogP contribution >= 0.6 is 11.6 Å². The number of carbonyl (C=O) groups is 1. The van der Waals surface area contributed by atoms with Crippen molar-refractivity contribution in [3.8, 4) is 17.1 Å². The highest BCUT2D eigenvalue weighted by molar-refractivity contribution is 6.30. The third kappa shape index (κ3) is 4.32. The van der Waals surface area contributed by atoms with Crippen LogP contribution in [0.15, 0.2) is 75.9 Å². The highest BCUT2D eigenvalue weighted by Gasteiger charge is 2.18. The molecule has 1 heterocycles. The van der Waals surface area contributed by atoms with E-state index in [1.54, 1.807) is 54.6 Å². The van der Waals surface area contributed by atoms with Gasteiger partial charge >= 0.3 is 5.97 Å². The lowest BCUT2D eigenvalue weighted by atomic mass is 10.1. The molecule has 4 rings (SSSR count). The summed E-state index contributed by atoms with van der Waals surface area (Å²) in [4.78, 5) is 24.8. The summed E-state index contributed by atoms with van der Waals surface area (Å²) in [5.41, 5.74) is 3.13. The standard InChI is InChI=1S/C25H19ClO5/c1-15-3-12-20-21(13-15)31-23(17-8-10-19(26)11-9-17)24(22(20)27)30-14-16-4-6-18(7-5-16)25(28)29-2/h3-13H,14H2,1-2H3. The lowest BCUT2D eigenvalue weighted by Crippen LogP contribution is -2.10. The fourth-order valence-corrected chi connectivity index (χ4v) is 3.34. The van der Waals surface area contributed by atoms with Crippen LogP contribution in [0, 0.1) is 6.92 Å². The molecular weight excluding hydrogens is 416 g/mol. The molecule has 5 nitrogen and oxygen atoms in total. The minimum Gasteiger partial charge on any atom is -0.481 e. The number of carbonyl (C=O) groups excluding carboxylic acids is 1. The molecule has 0 amide bonds. The molecule has 0 saturated heterocycles. The summed E-state index contributed by atoms with van der Waals surface area (Å²) in [6.45, 7) is 2.06. The number of hydrogen-bond acceptors (Lipinski definition) is 5. The van der Waals surface area contributed by atoms with Gasteiger partial charge in [0.15, 0.2) is 5.76 Å². The van der Waals surface area contributed by atoms with Crippen molar-refractivity contribution in [1.82, 2.24) is 0 Å². The molecule has 3 aromatic carbocycles. The Hall–Kier alpha value is -3.57. The van der Waals surface area contributed by atoms with Gasteiger partial charge in [-0.3, -0.25) is 4.79 Å². The fraction of sp³-hybridized carbons (Fsp3) is 0.120. The second kappa shape index (κ2) is 8.66. The van der Waals surface area contributed by atoms with Gasteiger partial charge in [0.2, 0.25) is 11.2 Å². The molecule has 0 radical (unpaired) electrons. The van der Waals surface area contributed by atoms with Crippen molar-refractivity contribution in [2.24, 2.45) is 0 Å². The first kappa shape index (κ1) is 20.7. The zero-order chi connectivity index (χ0) is 22.0. The maximum absolute atomic E-state index is 13.2. The average Bonchev–Trinajstić information content (AvgIpc) is 2.78. The topological polar surface area (TPSA) is 65.7 Å². The van der Waals surface area contributed by atoms with E-state index in [1.807, 2.05) is 19.1 Å². The van der Waals surface area contributed by atoms with Crippen molar-refractivity contribution < 1.29 is 18.7 Å². The Balaban J connectivity index is 1.74. The van der Waals surface area contributed by atoms with Crippen molar-refractivity contribution in [3.05, 3.63) is 98.7 Å². The van der Waals surface area contributed by atoms with Crippen molar-refractivity contribution in [2.45, 2.75) is 13.5 Å². The molecule has 0 atom stereocenters. The maximum atomic E-state index is 13.2. The molecule has 1 aromatic heterocycles. The van der Waals surface area contributed by atoms with Crippen molar-refractivity contribution in [1.29, 1.82) is 0 Å². The molecule has 0 aliphatic rings. The van der Waals surface area contributed by atoms with Crippen LogP contribution in [0.3, 0.4) is 0 Å². The molecule has 0 N–H and O–H groups in total. The van der Waals surface area contributed by atoms with Crippen molar-refractivity contribution in [2.75, 3.05) is 7.11 Å². The van der Waals surface area contributed by atoms with Gasteiger partial charge in [0.25, 0.3) is 0 Å². The normalized spacial score (nSPS) is 10.8. The van der Waals surface area contributed by atoms with E-state index in [1.165, 1.54) is 7.11 Å². The van der Waals surface area contributed by atoms with Gasteiger partial charge in [0.1, 0.15) is 12.2 Å². The number of halogens is 1. The molecule has 0 saturated carbocycles. The highest BCUT2D eigenvalue weighted by atomic mass is 35.5. The number of ether oxygens (including phenoxy) is 2. The number of hydrogen-bond donors (Lipinski definition) is 0. The van der Waals surface area contributed by atoms with Crippen LogP contribution in [0.5, 0.6) is 5.75 Å². The molecule has 0 aliphatic heterocycles. The molecule has 0 spiro atoms. The zero-order valence-electron chi connectivity index (χ0n) is 17.0. The summed E-state index contributed by atoms with van der Waals surface area (Å²) in [5, 5.41) is 1.02. The van der Waals surface area contributed by atoms with Crippen molar-refractivity contribution >= 4 is 28.5 Å². The predicted molar refractivity (Wildman–Crippen MR) is 120 cm³/mol. The van der Waals surface area contributed by atoms with Crippen LogP contribution in [0.1, 0.15) is 21.5 Å². The van der Waals surface area contributed by atoms with Crippen LogP contribution < -0.4 is 10.2 Å². The lowest BCUT2D eigenvalue weighted by Gasteiger charge is -2.12. The van der Waals surface area contributed by atoms with E-state index in [2.05, 4.69) is 0 Å². The van der Waals surface area contributed by atoms with Crippen LogP contribution in [0.2, 0.25) is 5.02 Å². The lowest BCUT2D eigenvalue weighted by molar-refractivity contribution is 0.0600. The average molecular weight is 435 g/mol. The zero-order valence-corrected chi connectivity index (χ0v) is 17.7. The Morgan fingerprint density at radius 3 is 2.39 bits per heavy atom. The monoisotopic (exact) mass is 434 g/mol. The first-order chi connectivity index (χ1) is 15.0. The van der Waals surface area contributed by atoms with Gasteiger partial charge in [-0.2, -0.15) is 0 Å². The van der Waals surface area contributed by atoms with E-state index in [0.717, 1.165) is 11.1 Å². The molecule has 0 aliphatic carbocycles. The summed E-state index contributed by atoms with van der Waals surface area (Å²) < 4.78 is 16.8. The van der Waals surface area contributed by atoms with Crippen LogP contribution in [0.25, 0.3) is 22.3 Å². The van der Waals surface area contributed by atoms with E-state index in [4.69, 9.17) is 25.5 Å². The largest absolute Gasteiger partial charge is 0.481 e. The Kier molecular flexibility index (Phi) is 5.78. The second-order valence-corrected chi connectivity index (χ2v) is 7.51. The highest BCUT2D eigenvalue weighted by Crippen LogP contribution is 2.32. The molecule has 0 fully saturated rings. The van der Waals surface area contributed by atoms with E-state index < -0.39 is 5.97 Å². The smallest absolute Gasteiger partial charge is 0.337 e. The van der Waals surface area contributed by atoms with Gasteiger partial charge in [-0.1, -0.05) is 29.8 Å². The summed E-state index contributed by atoms with van der Waals surface area (Å²) in [7, 11) is 1.33. The van der Waals surface area contributed by atoms with E-state index in [9.17, 15) is 9.59 Å². The number of rotatable bonds is 5. The third-order valence-corrected chi connectivity index (χ3v) is 5.12. The third-order valence-electron chi connectivity index (χ3n) is 4.87. The summed E-state index contributed by atoms with van der Waals surface area (Å²) in [6.07, 6.45) is 0. The van der Waals surface area contributed by atoms with Crippen molar-refractivity contribution in [3.63, 3.8) is 0 Å². The second-order valence-electron chi connectivity index (χ2n) is 7.07. The Bertz CT molecular complexity index is 1310. The predicted octanol–water partition coefficient (Wildman–Crippen LogP) is 5.79. The summed E-state index contributed by atoms with van der Waals surface area (Å²) >= 11 is 6.02. The van der Waals surface area contributed by atoms with Gasteiger partial charge in [0.05, 0.1) is 18.1 Å². The van der Waals surface area contributed by atoms with Gasteiger partial charge < -0.3 is 13.9 Å². The van der Waals surface area contributed by atoms with E-state index >= 15 is 0 Å². The fourth-order valence-electron chi connectivity index (χ4n) is 3.22. The van der Waals surface area contributed by atoms with Crippen LogP contribution in [-0.4, -0.2) is 13.1 Å². The summed E-state index contributed by atoms with van der Waals surface area (Å²) in [5.74, 6) is 0.0460. The molecule has 0 bridgehead atoms. The van der Waals surface area contributed by atoms with Gasteiger partial charge in [-0.15, -0.1) is 0 Å². The van der Waals surface area contributed by atoms with E-state index in [-0.39, 0.29) is 17.8 Å². The molecular formula is C25H19ClO5. The molecule has 6 heteroatoms. The molecule has 0 unspecified atom stereocenters. The first-order valence-corrected chi connectivity index (χ1v) is 9.97. The van der Waals surface area contributed by atoms with Gasteiger partial charge in [0, 0.05) is 10.6 Å². The molecule has 156 valence electrons. The Labute approximate surface area is 183 Å². The van der Waals surface area contributed by atoms with E-state index in [0.29, 0.717) is 32.9 Å². The Morgan fingerprint density at radius 1 is 1.00 bits per heavy atom. The SMILES string of the molecule is COC(=O)c1ccc(COc2c(-c3ccc(Cl)cc3)oc3cc(C)ccc3c2=O)cc1.